The minimum absolute atomic E-state index is 0.0545. The number of hydrogen-bond donors (Lipinski definition) is 3. The monoisotopic (exact) mass is 185 g/mol. The number of amides is 1. The molecule has 1 saturated heterocycles. The second kappa shape index (κ2) is 5.19. The third-order valence-electron chi connectivity index (χ3n) is 2.40. The van der Waals surface area contributed by atoms with Gasteiger partial charge in [0.15, 0.2) is 0 Å². The Kier molecular flexibility index (Phi) is 4.18. The van der Waals surface area contributed by atoms with E-state index >= 15 is 0 Å². The van der Waals surface area contributed by atoms with Crippen molar-refractivity contribution in [1.82, 2.24) is 16.0 Å². The third-order valence-corrected chi connectivity index (χ3v) is 2.40. The predicted octanol–water partition coefficient (Wildman–Crippen LogP) is -0.680. The zero-order valence-electron chi connectivity index (χ0n) is 8.39. The summed E-state index contributed by atoms with van der Waals surface area (Å²) < 4.78 is 0. The molecule has 2 atom stereocenters. The molecule has 0 aromatic carbocycles. The summed E-state index contributed by atoms with van der Waals surface area (Å²) in [5, 5.41) is 9.39. The van der Waals surface area contributed by atoms with Crippen molar-refractivity contribution < 1.29 is 4.79 Å². The first-order chi connectivity index (χ1) is 6.22. The summed E-state index contributed by atoms with van der Waals surface area (Å²) in [5.41, 5.74) is 0. The lowest BCUT2D eigenvalue weighted by molar-refractivity contribution is -0.119. The van der Waals surface area contributed by atoms with Gasteiger partial charge in [0.25, 0.3) is 0 Å². The van der Waals surface area contributed by atoms with Gasteiger partial charge in [0.1, 0.15) is 0 Å². The van der Waals surface area contributed by atoms with Gasteiger partial charge in [-0.15, -0.1) is 0 Å². The van der Waals surface area contributed by atoms with Gasteiger partial charge < -0.3 is 16.0 Å². The van der Waals surface area contributed by atoms with Crippen LogP contribution in [0, 0.1) is 5.92 Å². The SMILES string of the molecule is CNC[C@@H]1CN[C@H](CNC(C)=O)C1. The van der Waals surface area contributed by atoms with Crippen LogP contribution in [0.15, 0.2) is 0 Å². The minimum Gasteiger partial charge on any atom is -0.355 e. The van der Waals surface area contributed by atoms with Crippen molar-refractivity contribution in [2.75, 3.05) is 26.7 Å². The maximum atomic E-state index is 10.7. The fraction of sp³-hybridized carbons (Fsp3) is 0.889. The van der Waals surface area contributed by atoms with Gasteiger partial charge in [-0.25, -0.2) is 0 Å². The van der Waals surface area contributed by atoms with Gasteiger partial charge in [0.05, 0.1) is 0 Å². The highest BCUT2D eigenvalue weighted by molar-refractivity contribution is 5.72. The van der Waals surface area contributed by atoms with Crippen molar-refractivity contribution in [2.24, 2.45) is 5.92 Å². The highest BCUT2D eigenvalue weighted by Gasteiger charge is 2.22. The van der Waals surface area contributed by atoms with Crippen LogP contribution in [0.2, 0.25) is 0 Å². The number of rotatable bonds is 4. The zero-order chi connectivity index (χ0) is 9.68. The predicted molar refractivity (Wildman–Crippen MR) is 52.5 cm³/mol. The summed E-state index contributed by atoms with van der Waals surface area (Å²) in [4.78, 5) is 10.7. The van der Waals surface area contributed by atoms with Crippen LogP contribution in [0.3, 0.4) is 0 Å². The summed E-state index contributed by atoms with van der Waals surface area (Å²) >= 11 is 0. The summed E-state index contributed by atoms with van der Waals surface area (Å²) in [5.74, 6) is 0.766. The zero-order valence-corrected chi connectivity index (χ0v) is 8.39. The molecule has 1 heterocycles. The summed E-state index contributed by atoms with van der Waals surface area (Å²) in [6, 6.07) is 0.460. The lowest BCUT2D eigenvalue weighted by Crippen LogP contribution is -2.35. The second-order valence-electron chi connectivity index (χ2n) is 3.70. The quantitative estimate of drug-likeness (QED) is 0.544. The maximum absolute atomic E-state index is 10.7. The lowest BCUT2D eigenvalue weighted by atomic mass is 10.1. The Morgan fingerprint density at radius 2 is 2.31 bits per heavy atom. The molecule has 0 saturated carbocycles. The van der Waals surface area contributed by atoms with Crippen molar-refractivity contribution in [3.8, 4) is 0 Å². The van der Waals surface area contributed by atoms with Gasteiger partial charge in [-0.2, -0.15) is 0 Å². The Morgan fingerprint density at radius 1 is 1.54 bits per heavy atom. The molecule has 1 aliphatic heterocycles. The topological polar surface area (TPSA) is 53.2 Å². The van der Waals surface area contributed by atoms with E-state index in [2.05, 4.69) is 16.0 Å². The van der Waals surface area contributed by atoms with Crippen molar-refractivity contribution in [3.05, 3.63) is 0 Å². The molecule has 4 heteroatoms. The van der Waals surface area contributed by atoms with Crippen molar-refractivity contribution in [1.29, 1.82) is 0 Å². The van der Waals surface area contributed by atoms with Crippen molar-refractivity contribution >= 4 is 5.91 Å². The van der Waals surface area contributed by atoms with E-state index in [1.165, 1.54) is 0 Å². The highest BCUT2D eigenvalue weighted by Crippen LogP contribution is 2.11. The van der Waals surface area contributed by atoms with Crippen molar-refractivity contribution in [2.45, 2.75) is 19.4 Å². The van der Waals surface area contributed by atoms with Crippen LogP contribution in [0.5, 0.6) is 0 Å². The molecule has 1 fully saturated rings. The van der Waals surface area contributed by atoms with Crippen LogP contribution < -0.4 is 16.0 Å². The first-order valence-electron chi connectivity index (χ1n) is 4.84. The highest BCUT2D eigenvalue weighted by atomic mass is 16.1. The van der Waals surface area contributed by atoms with E-state index in [1.54, 1.807) is 6.92 Å². The smallest absolute Gasteiger partial charge is 0.216 e. The van der Waals surface area contributed by atoms with Crippen LogP contribution in [0.25, 0.3) is 0 Å². The number of nitrogens with one attached hydrogen (secondary N) is 3. The van der Waals surface area contributed by atoms with Crippen LogP contribution >= 0.6 is 0 Å². The molecule has 1 amide bonds. The normalized spacial score (nSPS) is 27.5. The molecular weight excluding hydrogens is 166 g/mol. The Morgan fingerprint density at radius 3 is 2.92 bits per heavy atom. The van der Waals surface area contributed by atoms with E-state index in [1.807, 2.05) is 7.05 Å². The fourth-order valence-corrected chi connectivity index (χ4v) is 1.77. The van der Waals surface area contributed by atoms with Gasteiger partial charge in [0, 0.05) is 19.5 Å². The molecule has 0 aromatic rings. The van der Waals surface area contributed by atoms with Crippen LogP contribution in [-0.2, 0) is 4.79 Å². The molecule has 0 aromatic heterocycles. The Bertz CT molecular complexity index is 172. The largest absolute Gasteiger partial charge is 0.355 e. The molecule has 0 bridgehead atoms. The fourth-order valence-electron chi connectivity index (χ4n) is 1.77. The van der Waals surface area contributed by atoms with E-state index in [0.29, 0.717) is 12.0 Å². The third kappa shape index (κ3) is 3.74. The van der Waals surface area contributed by atoms with E-state index in [-0.39, 0.29) is 5.91 Å². The van der Waals surface area contributed by atoms with Gasteiger partial charge >= 0.3 is 0 Å². The molecule has 3 N–H and O–H groups in total. The van der Waals surface area contributed by atoms with Gasteiger partial charge in [-0.3, -0.25) is 4.79 Å². The molecular formula is C9H19N3O. The number of carbonyl (C=O) groups excluding carboxylic acids is 1. The van der Waals surface area contributed by atoms with E-state index in [0.717, 1.165) is 26.1 Å². The Hall–Kier alpha value is -0.610. The Labute approximate surface area is 79.5 Å². The molecule has 1 aliphatic rings. The van der Waals surface area contributed by atoms with Gasteiger partial charge in [0.2, 0.25) is 5.91 Å². The van der Waals surface area contributed by atoms with Crippen LogP contribution in [-0.4, -0.2) is 38.6 Å². The van der Waals surface area contributed by atoms with Gasteiger partial charge in [-0.05, 0) is 32.5 Å². The van der Waals surface area contributed by atoms with Gasteiger partial charge in [-0.1, -0.05) is 0 Å². The first-order valence-corrected chi connectivity index (χ1v) is 4.84. The van der Waals surface area contributed by atoms with Crippen LogP contribution in [0.1, 0.15) is 13.3 Å². The summed E-state index contributed by atoms with van der Waals surface area (Å²) in [7, 11) is 1.97. The average molecular weight is 185 g/mol. The molecule has 0 aliphatic carbocycles. The maximum Gasteiger partial charge on any atom is 0.216 e. The minimum atomic E-state index is 0.0545. The van der Waals surface area contributed by atoms with Crippen LogP contribution in [0.4, 0.5) is 0 Å². The molecule has 0 radical (unpaired) electrons. The first kappa shape index (κ1) is 10.5. The standard InChI is InChI=1S/C9H19N3O/c1-7(13)11-6-9-3-8(4-10-2)5-12-9/h8-10,12H,3-6H2,1-2H3,(H,11,13)/t8-,9+/m1/s1. The van der Waals surface area contributed by atoms with E-state index < -0.39 is 0 Å². The molecule has 0 unspecified atom stereocenters. The van der Waals surface area contributed by atoms with Crippen molar-refractivity contribution in [3.63, 3.8) is 0 Å². The molecule has 13 heavy (non-hydrogen) atoms. The summed E-state index contributed by atoms with van der Waals surface area (Å²) in [6.45, 7) is 4.43. The van der Waals surface area contributed by atoms with E-state index in [9.17, 15) is 4.79 Å². The number of hydrogen-bond acceptors (Lipinski definition) is 3. The lowest BCUT2D eigenvalue weighted by Gasteiger charge is -2.10. The molecule has 1 rings (SSSR count). The van der Waals surface area contributed by atoms with E-state index in [4.69, 9.17) is 0 Å². The molecule has 4 nitrogen and oxygen atoms in total. The average Bonchev–Trinajstić information content (AvgIpc) is 2.50. The second-order valence-corrected chi connectivity index (χ2v) is 3.70. The molecule has 76 valence electrons. The molecule has 0 spiro atoms. The Balaban J connectivity index is 2.13. The number of carbonyl (C=O) groups is 1. The summed E-state index contributed by atoms with van der Waals surface area (Å²) in [6.07, 6.45) is 1.15.